The number of amides is 1. The highest BCUT2D eigenvalue weighted by atomic mass is 32.1. The monoisotopic (exact) mass is 246 g/mol. The van der Waals surface area contributed by atoms with Crippen LogP contribution in [0.3, 0.4) is 0 Å². The van der Waals surface area contributed by atoms with Crippen LogP contribution in [-0.4, -0.2) is 12.5 Å². The Labute approximate surface area is 104 Å². The van der Waals surface area contributed by atoms with Crippen LogP contribution >= 0.6 is 11.3 Å². The fourth-order valence-corrected chi connectivity index (χ4v) is 2.14. The van der Waals surface area contributed by atoms with Crippen LogP contribution in [-0.2, 0) is 6.42 Å². The molecule has 0 aliphatic carbocycles. The first-order chi connectivity index (χ1) is 8.25. The Bertz CT molecular complexity index is 477. The van der Waals surface area contributed by atoms with Crippen LogP contribution in [0.25, 0.3) is 0 Å². The molecule has 88 valence electrons. The molecule has 2 aromatic rings. The zero-order chi connectivity index (χ0) is 12.1. The number of carbonyl (C=O) groups is 1. The van der Waals surface area contributed by atoms with E-state index < -0.39 is 0 Å². The molecule has 0 aliphatic rings. The smallest absolute Gasteiger partial charge is 0.261 e. The molecule has 1 heterocycles. The highest BCUT2D eigenvalue weighted by Gasteiger charge is 2.04. The molecule has 1 aromatic carbocycles. The molecular formula is C13H14N2OS. The molecule has 17 heavy (non-hydrogen) atoms. The molecule has 3 N–H and O–H groups in total. The van der Waals surface area contributed by atoms with Crippen molar-refractivity contribution < 1.29 is 4.79 Å². The summed E-state index contributed by atoms with van der Waals surface area (Å²) in [5.41, 5.74) is 7.53. The fraction of sp³-hybridized carbons (Fsp3) is 0.154. The summed E-state index contributed by atoms with van der Waals surface area (Å²) < 4.78 is 0. The molecule has 0 aliphatic heterocycles. The van der Waals surface area contributed by atoms with E-state index in [1.54, 1.807) is 0 Å². The number of carbonyl (C=O) groups excluding carboxylic acids is 1. The van der Waals surface area contributed by atoms with Crippen molar-refractivity contribution in [1.29, 1.82) is 0 Å². The summed E-state index contributed by atoms with van der Waals surface area (Å²) in [6.45, 7) is 0.640. The van der Waals surface area contributed by atoms with Crippen LogP contribution in [0.4, 0.5) is 5.69 Å². The first-order valence-corrected chi connectivity index (χ1v) is 6.30. The Morgan fingerprint density at radius 1 is 1.24 bits per heavy atom. The average molecular weight is 246 g/mol. The average Bonchev–Trinajstić information content (AvgIpc) is 2.85. The second-order valence-electron chi connectivity index (χ2n) is 3.72. The number of anilines is 1. The summed E-state index contributed by atoms with van der Waals surface area (Å²) in [7, 11) is 0. The SMILES string of the molecule is Nc1ccc(CCNC(=O)c2cccs2)cc1. The van der Waals surface area contributed by atoms with Gasteiger partial charge in [0.05, 0.1) is 4.88 Å². The maximum atomic E-state index is 11.6. The molecule has 1 aromatic heterocycles. The number of hydrogen-bond acceptors (Lipinski definition) is 3. The van der Waals surface area contributed by atoms with E-state index in [4.69, 9.17) is 5.73 Å². The molecule has 1 amide bonds. The van der Waals surface area contributed by atoms with Crippen LogP contribution in [0.1, 0.15) is 15.2 Å². The van der Waals surface area contributed by atoms with E-state index in [2.05, 4.69) is 5.32 Å². The molecule has 3 nitrogen and oxygen atoms in total. The number of rotatable bonds is 4. The molecule has 0 bridgehead atoms. The van der Waals surface area contributed by atoms with Crippen molar-refractivity contribution in [2.45, 2.75) is 6.42 Å². The first-order valence-electron chi connectivity index (χ1n) is 5.42. The van der Waals surface area contributed by atoms with Gasteiger partial charge in [-0.1, -0.05) is 18.2 Å². The minimum Gasteiger partial charge on any atom is -0.399 e. The summed E-state index contributed by atoms with van der Waals surface area (Å²) >= 11 is 1.45. The van der Waals surface area contributed by atoms with Gasteiger partial charge in [-0.2, -0.15) is 0 Å². The van der Waals surface area contributed by atoms with E-state index in [-0.39, 0.29) is 5.91 Å². The summed E-state index contributed by atoms with van der Waals surface area (Å²) in [4.78, 5) is 12.4. The van der Waals surface area contributed by atoms with Crippen molar-refractivity contribution >= 4 is 22.9 Å². The van der Waals surface area contributed by atoms with Gasteiger partial charge in [0.15, 0.2) is 0 Å². The molecule has 0 radical (unpaired) electrons. The highest BCUT2D eigenvalue weighted by molar-refractivity contribution is 7.12. The molecular weight excluding hydrogens is 232 g/mol. The summed E-state index contributed by atoms with van der Waals surface area (Å²) in [5, 5.41) is 4.79. The third-order valence-electron chi connectivity index (χ3n) is 2.42. The lowest BCUT2D eigenvalue weighted by molar-refractivity contribution is 0.0958. The number of nitrogens with one attached hydrogen (secondary N) is 1. The number of hydrogen-bond donors (Lipinski definition) is 2. The minimum atomic E-state index is -0.00422. The number of nitrogens with two attached hydrogens (primary N) is 1. The standard InChI is InChI=1S/C13H14N2OS/c14-11-5-3-10(4-6-11)7-8-15-13(16)12-2-1-9-17-12/h1-6,9H,7-8,14H2,(H,15,16). The number of nitrogen functional groups attached to an aromatic ring is 1. The van der Waals surface area contributed by atoms with Crippen LogP contribution in [0.2, 0.25) is 0 Å². The van der Waals surface area contributed by atoms with Gasteiger partial charge in [-0.3, -0.25) is 4.79 Å². The lowest BCUT2D eigenvalue weighted by Gasteiger charge is -2.04. The molecule has 0 saturated heterocycles. The Morgan fingerprint density at radius 3 is 2.65 bits per heavy atom. The second-order valence-corrected chi connectivity index (χ2v) is 4.67. The van der Waals surface area contributed by atoms with Gasteiger partial charge in [-0.25, -0.2) is 0 Å². The van der Waals surface area contributed by atoms with Crippen molar-refractivity contribution in [2.75, 3.05) is 12.3 Å². The Kier molecular flexibility index (Phi) is 3.77. The molecule has 0 atom stereocenters. The van der Waals surface area contributed by atoms with Crippen LogP contribution in [0, 0.1) is 0 Å². The Morgan fingerprint density at radius 2 is 2.00 bits per heavy atom. The lowest BCUT2D eigenvalue weighted by atomic mass is 10.1. The Hall–Kier alpha value is -1.81. The van der Waals surface area contributed by atoms with E-state index in [1.165, 1.54) is 16.9 Å². The van der Waals surface area contributed by atoms with Crippen molar-refractivity contribution in [3.63, 3.8) is 0 Å². The maximum absolute atomic E-state index is 11.6. The van der Waals surface area contributed by atoms with Gasteiger partial charge in [0.1, 0.15) is 0 Å². The van der Waals surface area contributed by atoms with E-state index >= 15 is 0 Å². The molecule has 0 saturated carbocycles. The number of benzene rings is 1. The largest absolute Gasteiger partial charge is 0.399 e. The summed E-state index contributed by atoms with van der Waals surface area (Å²) in [6, 6.07) is 11.4. The summed E-state index contributed by atoms with van der Waals surface area (Å²) in [6.07, 6.45) is 0.817. The lowest BCUT2D eigenvalue weighted by Crippen LogP contribution is -2.24. The second kappa shape index (κ2) is 5.50. The molecule has 2 rings (SSSR count). The zero-order valence-corrected chi connectivity index (χ0v) is 10.2. The van der Waals surface area contributed by atoms with Gasteiger partial charge in [0.25, 0.3) is 5.91 Å². The van der Waals surface area contributed by atoms with Crippen molar-refractivity contribution in [1.82, 2.24) is 5.32 Å². The normalized spacial score (nSPS) is 10.1. The predicted octanol–water partition coefficient (Wildman–Crippen LogP) is 2.30. The molecule has 4 heteroatoms. The van der Waals surface area contributed by atoms with Gasteiger partial charge >= 0.3 is 0 Å². The van der Waals surface area contributed by atoms with E-state index in [9.17, 15) is 4.79 Å². The van der Waals surface area contributed by atoms with E-state index in [1.807, 2.05) is 41.8 Å². The van der Waals surface area contributed by atoms with E-state index in [0.717, 1.165) is 17.0 Å². The van der Waals surface area contributed by atoms with E-state index in [0.29, 0.717) is 6.54 Å². The molecule has 0 fully saturated rings. The minimum absolute atomic E-state index is 0.00422. The molecule has 0 unspecified atom stereocenters. The van der Waals surface area contributed by atoms with Crippen molar-refractivity contribution in [3.8, 4) is 0 Å². The van der Waals surface area contributed by atoms with Gasteiger partial charge in [-0.05, 0) is 35.6 Å². The van der Waals surface area contributed by atoms with Crippen LogP contribution < -0.4 is 11.1 Å². The zero-order valence-electron chi connectivity index (χ0n) is 9.35. The highest BCUT2D eigenvalue weighted by Crippen LogP contribution is 2.08. The summed E-state index contributed by atoms with van der Waals surface area (Å²) in [5.74, 6) is -0.00422. The Balaban J connectivity index is 1.80. The van der Waals surface area contributed by atoms with Gasteiger partial charge in [0.2, 0.25) is 0 Å². The van der Waals surface area contributed by atoms with Crippen molar-refractivity contribution in [2.24, 2.45) is 0 Å². The van der Waals surface area contributed by atoms with Crippen LogP contribution in [0.5, 0.6) is 0 Å². The topological polar surface area (TPSA) is 55.1 Å². The third-order valence-corrected chi connectivity index (χ3v) is 3.29. The van der Waals surface area contributed by atoms with Gasteiger partial charge < -0.3 is 11.1 Å². The number of thiophene rings is 1. The van der Waals surface area contributed by atoms with Crippen molar-refractivity contribution in [3.05, 3.63) is 52.2 Å². The fourth-order valence-electron chi connectivity index (χ4n) is 1.50. The first kappa shape index (κ1) is 11.7. The van der Waals surface area contributed by atoms with Crippen LogP contribution in [0.15, 0.2) is 41.8 Å². The third kappa shape index (κ3) is 3.32. The molecule has 0 spiro atoms. The predicted molar refractivity (Wildman–Crippen MR) is 71.2 cm³/mol. The quantitative estimate of drug-likeness (QED) is 0.813. The van der Waals surface area contributed by atoms with Gasteiger partial charge in [0, 0.05) is 12.2 Å². The van der Waals surface area contributed by atoms with Gasteiger partial charge in [-0.15, -0.1) is 11.3 Å². The maximum Gasteiger partial charge on any atom is 0.261 e.